The molecule has 0 aliphatic rings. The van der Waals surface area contributed by atoms with Crippen LogP contribution < -0.4 is 5.32 Å². The maximum absolute atomic E-state index is 12.4. The van der Waals surface area contributed by atoms with E-state index in [1.807, 2.05) is 13.8 Å². The van der Waals surface area contributed by atoms with Gasteiger partial charge < -0.3 is 10.4 Å². The second-order valence-corrected chi connectivity index (χ2v) is 5.07. The Balaban J connectivity index is 2.71. The predicted molar refractivity (Wildman–Crippen MR) is 73.7 cm³/mol. The highest BCUT2D eigenvalue weighted by atomic mass is 19.4. The van der Waals surface area contributed by atoms with Crippen molar-refractivity contribution in [1.82, 2.24) is 5.32 Å². The third kappa shape index (κ3) is 4.74. The minimum Gasteiger partial charge on any atom is -0.394 e. The van der Waals surface area contributed by atoms with Gasteiger partial charge in [0.25, 0.3) is 0 Å². The minimum atomic E-state index is -4.38. The first-order valence-corrected chi connectivity index (χ1v) is 6.84. The number of amides is 1. The van der Waals surface area contributed by atoms with Crippen molar-refractivity contribution in [2.75, 3.05) is 6.61 Å². The van der Waals surface area contributed by atoms with E-state index in [1.165, 1.54) is 12.1 Å². The van der Waals surface area contributed by atoms with Crippen molar-refractivity contribution >= 4 is 5.91 Å². The van der Waals surface area contributed by atoms with Gasteiger partial charge in [0.05, 0.1) is 24.1 Å². The molecule has 0 fully saturated rings. The monoisotopic (exact) mass is 303 g/mol. The molecule has 1 rings (SSSR count). The SMILES string of the molecule is CCC(CC)(CO)NC(=O)Cc1ccc(C(F)(F)F)cc1. The summed E-state index contributed by atoms with van der Waals surface area (Å²) in [7, 11) is 0. The zero-order valence-electron chi connectivity index (χ0n) is 12.1. The van der Waals surface area contributed by atoms with Gasteiger partial charge in [0.1, 0.15) is 0 Å². The van der Waals surface area contributed by atoms with Crippen molar-refractivity contribution in [3.05, 3.63) is 35.4 Å². The van der Waals surface area contributed by atoms with E-state index in [0.29, 0.717) is 18.4 Å². The van der Waals surface area contributed by atoms with E-state index >= 15 is 0 Å². The zero-order valence-corrected chi connectivity index (χ0v) is 12.1. The van der Waals surface area contributed by atoms with Crippen LogP contribution >= 0.6 is 0 Å². The summed E-state index contributed by atoms with van der Waals surface area (Å²) in [6, 6.07) is 4.50. The van der Waals surface area contributed by atoms with Gasteiger partial charge in [0.2, 0.25) is 5.91 Å². The lowest BCUT2D eigenvalue weighted by molar-refractivity contribution is -0.137. The van der Waals surface area contributed by atoms with Gasteiger partial charge in [-0.25, -0.2) is 0 Å². The van der Waals surface area contributed by atoms with Crippen LogP contribution in [0.4, 0.5) is 13.2 Å². The van der Waals surface area contributed by atoms with Crippen LogP contribution in [0.15, 0.2) is 24.3 Å². The molecular formula is C15H20F3NO2. The summed E-state index contributed by atoms with van der Waals surface area (Å²) in [5.74, 6) is -0.312. The zero-order chi connectivity index (χ0) is 16.1. The molecular weight excluding hydrogens is 283 g/mol. The highest BCUT2D eigenvalue weighted by Crippen LogP contribution is 2.29. The summed E-state index contributed by atoms with van der Waals surface area (Å²) in [6.45, 7) is 3.55. The average molecular weight is 303 g/mol. The van der Waals surface area contributed by atoms with Gasteiger partial charge in [-0.2, -0.15) is 13.2 Å². The fourth-order valence-corrected chi connectivity index (χ4v) is 2.03. The lowest BCUT2D eigenvalue weighted by atomic mass is 9.93. The molecule has 0 saturated heterocycles. The molecule has 0 atom stereocenters. The van der Waals surface area contributed by atoms with Gasteiger partial charge >= 0.3 is 6.18 Å². The second-order valence-electron chi connectivity index (χ2n) is 5.07. The summed E-state index contributed by atoms with van der Waals surface area (Å²) >= 11 is 0. The maximum Gasteiger partial charge on any atom is 0.416 e. The van der Waals surface area contributed by atoms with E-state index in [9.17, 15) is 23.1 Å². The van der Waals surface area contributed by atoms with E-state index in [1.54, 1.807) is 0 Å². The number of alkyl halides is 3. The highest BCUT2D eigenvalue weighted by Gasteiger charge is 2.30. The molecule has 0 heterocycles. The highest BCUT2D eigenvalue weighted by molar-refractivity contribution is 5.79. The first-order valence-electron chi connectivity index (χ1n) is 6.84. The number of aliphatic hydroxyl groups is 1. The van der Waals surface area contributed by atoms with Crippen molar-refractivity contribution in [3.63, 3.8) is 0 Å². The molecule has 2 N–H and O–H groups in total. The number of hydrogen-bond donors (Lipinski definition) is 2. The van der Waals surface area contributed by atoms with Crippen LogP contribution in [0, 0.1) is 0 Å². The molecule has 1 aromatic rings. The van der Waals surface area contributed by atoms with E-state index in [2.05, 4.69) is 5.32 Å². The van der Waals surface area contributed by atoms with Crippen molar-refractivity contribution in [1.29, 1.82) is 0 Å². The number of nitrogens with one attached hydrogen (secondary N) is 1. The Morgan fingerprint density at radius 3 is 2.05 bits per heavy atom. The molecule has 0 saturated carbocycles. The average Bonchev–Trinajstić information content (AvgIpc) is 2.44. The maximum atomic E-state index is 12.4. The summed E-state index contributed by atoms with van der Waals surface area (Å²) < 4.78 is 37.3. The number of carbonyl (C=O) groups excluding carboxylic acids is 1. The van der Waals surface area contributed by atoms with Crippen LogP contribution in [-0.4, -0.2) is 23.2 Å². The number of aliphatic hydroxyl groups excluding tert-OH is 1. The van der Waals surface area contributed by atoms with Crippen LogP contribution in [0.1, 0.15) is 37.8 Å². The summed E-state index contributed by atoms with van der Waals surface area (Å²) in [5.41, 5.74) is -0.902. The van der Waals surface area contributed by atoms with Crippen LogP contribution in [0.3, 0.4) is 0 Å². The summed E-state index contributed by atoms with van der Waals surface area (Å²) in [5, 5.41) is 12.1. The number of carbonyl (C=O) groups is 1. The molecule has 1 aromatic carbocycles. The second kappa shape index (κ2) is 6.93. The number of benzene rings is 1. The summed E-state index contributed by atoms with van der Waals surface area (Å²) in [6.07, 6.45) is -3.23. The van der Waals surface area contributed by atoms with Crippen LogP contribution in [0.2, 0.25) is 0 Å². The molecule has 6 heteroatoms. The normalized spacial score (nSPS) is 12.3. The molecule has 118 valence electrons. The van der Waals surface area contributed by atoms with Crippen LogP contribution in [0.25, 0.3) is 0 Å². The molecule has 0 radical (unpaired) electrons. The molecule has 0 unspecified atom stereocenters. The van der Waals surface area contributed by atoms with Crippen molar-refractivity contribution in [3.8, 4) is 0 Å². The Morgan fingerprint density at radius 1 is 1.14 bits per heavy atom. The Morgan fingerprint density at radius 2 is 1.67 bits per heavy atom. The first-order chi connectivity index (χ1) is 9.76. The molecule has 0 bridgehead atoms. The van der Waals surface area contributed by atoms with E-state index in [0.717, 1.165) is 12.1 Å². The Bertz CT molecular complexity index is 457. The van der Waals surface area contributed by atoms with Gasteiger partial charge in [-0.3, -0.25) is 4.79 Å². The van der Waals surface area contributed by atoms with E-state index < -0.39 is 17.3 Å². The molecule has 3 nitrogen and oxygen atoms in total. The fraction of sp³-hybridized carbons (Fsp3) is 0.533. The number of hydrogen-bond acceptors (Lipinski definition) is 2. The van der Waals surface area contributed by atoms with Gasteiger partial charge in [0, 0.05) is 0 Å². The van der Waals surface area contributed by atoms with Gasteiger partial charge in [-0.1, -0.05) is 26.0 Å². The first kappa shape index (κ1) is 17.5. The molecule has 0 aliphatic carbocycles. The lowest BCUT2D eigenvalue weighted by Gasteiger charge is -2.30. The molecule has 0 aromatic heterocycles. The quantitative estimate of drug-likeness (QED) is 0.849. The number of halogens is 3. The van der Waals surface area contributed by atoms with Gasteiger partial charge in [-0.05, 0) is 30.5 Å². The fourth-order valence-electron chi connectivity index (χ4n) is 2.03. The summed E-state index contributed by atoms with van der Waals surface area (Å²) in [4.78, 5) is 11.9. The lowest BCUT2D eigenvalue weighted by Crippen LogP contribution is -2.51. The van der Waals surface area contributed by atoms with Crippen molar-refractivity contribution < 1.29 is 23.1 Å². The largest absolute Gasteiger partial charge is 0.416 e. The Kier molecular flexibility index (Phi) is 5.78. The molecule has 1 amide bonds. The van der Waals surface area contributed by atoms with E-state index in [4.69, 9.17) is 0 Å². The minimum absolute atomic E-state index is 0.0140. The van der Waals surface area contributed by atoms with Crippen LogP contribution in [0.5, 0.6) is 0 Å². The molecule has 0 spiro atoms. The standard InChI is InChI=1S/C15H20F3NO2/c1-3-14(4-2,10-20)19-13(21)9-11-5-7-12(8-6-11)15(16,17)18/h5-8,20H,3-4,9-10H2,1-2H3,(H,19,21). The molecule has 21 heavy (non-hydrogen) atoms. The smallest absolute Gasteiger partial charge is 0.394 e. The van der Waals surface area contributed by atoms with E-state index in [-0.39, 0.29) is 18.9 Å². The number of rotatable bonds is 6. The Hall–Kier alpha value is -1.56. The predicted octanol–water partition coefficient (Wildman–Crippen LogP) is 2.92. The van der Waals surface area contributed by atoms with Crippen LogP contribution in [-0.2, 0) is 17.4 Å². The third-order valence-electron chi connectivity index (χ3n) is 3.71. The Labute approximate surface area is 122 Å². The van der Waals surface area contributed by atoms with Gasteiger partial charge in [-0.15, -0.1) is 0 Å². The van der Waals surface area contributed by atoms with Crippen molar-refractivity contribution in [2.24, 2.45) is 0 Å². The topological polar surface area (TPSA) is 49.3 Å². The van der Waals surface area contributed by atoms with Crippen molar-refractivity contribution in [2.45, 2.75) is 44.8 Å². The molecule has 0 aliphatic heterocycles. The third-order valence-corrected chi connectivity index (χ3v) is 3.71. The van der Waals surface area contributed by atoms with Gasteiger partial charge in [0.15, 0.2) is 0 Å².